The van der Waals surface area contributed by atoms with Crippen LogP contribution in [-0.2, 0) is 9.53 Å². The highest BCUT2D eigenvalue weighted by molar-refractivity contribution is 7.99. The van der Waals surface area contributed by atoms with Gasteiger partial charge in [0.2, 0.25) is 0 Å². The van der Waals surface area contributed by atoms with E-state index in [-0.39, 0.29) is 12.0 Å². The van der Waals surface area contributed by atoms with Crippen molar-refractivity contribution in [1.29, 1.82) is 0 Å². The van der Waals surface area contributed by atoms with Gasteiger partial charge in [0.15, 0.2) is 0 Å². The third kappa shape index (κ3) is 1.91. The van der Waals surface area contributed by atoms with E-state index in [9.17, 15) is 4.79 Å². The summed E-state index contributed by atoms with van der Waals surface area (Å²) in [7, 11) is 1.46. The molecule has 1 aliphatic heterocycles. The second-order valence-corrected chi connectivity index (χ2v) is 5.56. The number of thioether (sulfide) groups is 1. The average molecular weight is 215 g/mol. The van der Waals surface area contributed by atoms with Crippen LogP contribution < -0.4 is 5.32 Å². The van der Waals surface area contributed by atoms with Gasteiger partial charge >= 0.3 is 5.97 Å². The van der Waals surface area contributed by atoms with Gasteiger partial charge in [-0.15, -0.1) is 0 Å². The molecule has 0 amide bonds. The standard InChI is InChI=1S/C10H17NO2S/c1-10(3-4-10)8-6-14-5-7(11-8)9(12)13-2/h7-8,11H,3-6H2,1-2H3. The van der Waals surface area contributed by atoms with Gasteiger partial charge in [-0.3, -0.25) is 10.1 Å². The molecule has 1 saturated heterocycles. The molecule has 3 nitrogen and oxygen atoms in total. The summed E-state index contributed by atoms with van der Waals surface area (Å²) in [6.07, 6.45) is 2.58. The Morgan fingerprint density at radius 1 is 1.50 bits per heavy atom. The SMILES string of the molecule is COC(=O)C1CSCC(C2(C)CC2)N1. The Morgan fingerprint density at radius 3 is 2.79 bits per heavy atom. The monoisotopic (exact) mass is 215 g/mol. The van der Waals surface area contributed by atoms with Crippen LogP contribution in [-0.4, -0.2) is 36.7 Å². The molecule has 0 bridgehead atoms. The van der Waals surface area contributed by atoms with Crippen LogP contribution in [0, 0.1) is 5.41 Å². The van der Waals surface area contributed by atoms with Crippen molar-refractivity contribution in [2.45, 2.75) is 31.8 Å². The molecule has 1 aliphatic carbocycles. The van der Waals surface area contributed by atoms with E-state index in [1.54, 1.807) is 0 Å². The molecule has 4 heteroatoms. The van der Waals surface area contributed by atoms with E-state index in [1.165, 1.54) is 20.0 Å². The zero-order chi connectivity index (χ0) is 10.2. The van der Waals surface area contributed by atoms with Gasteiger partial charge in [-0.25, -0.2) is 0 Å². The van der Waals surface area contributed by atoms with Gasteiger partial charge in [0.1, 0.15) is 6.04 Å². The molecule has 0 aromatic heterocycles. The van der Waals surface area contributed by atoms with Crippen LogP contribution in [0.5, 0.6) is 0 Å². The third-order valence-corrected chi connectivity index (χ3v) is 4.48. The molecular weight excluding hydrogens is 198 g/mol. The molecule has 0 aromatic rings. The van der Waals surface area contributed by atoms with Crippen molar-refractivity contribution in [2.24, 2.45) is 5.41 Å². The zero-order valence-corrected chi connectivity index (χ0v) is 9.52. The van der Waals surface area contributed by atoms with Crippen LogP contribution in [0.1, 0.15) is 19.8 Å². The Balaban J connectivity index is 1.94. The van der Waals surface area contributed by atoms with Crippen molar-refractivity contribution in [1.82, 2.24) is 5.32 Å². The number of rotatable bonds is 2. The quantitative estimate of drug-likeness (QED) is 0.698. The minimum absolute atomic E-state index is 0.0961. The lowest BCUT2D eigenvalue weighted by Gasteiger charge is -2.33. The van der Waals surface area contributed by atoms with Crippen LogP contribution in [0.4, 0.5) is 0 Å². The van der Waals surface area contributed by atoms with Gasteiger partial charge in [0.25, 0.3) is 0 Å². The largest absolute Gasteiger partial charge is 0.468 e. The number of methoxy groups -OCH3 is 1. The van der Waals surface area contributed by atoms with Crippen molar-refractivity contribution in [2.75, 3.05) is 18.6 Å². The second-order valence-electron chi connectivity index (χ2n) is 4.49. The van der Waals surface area contributed by atoms with Crippen LogP contribution in [0.15, 0.2) is 0 Å². The Kier molecular flexibility index (Phi) is 2.75. The van der Waals surface area contributed by atoms with Crippen molar-refractivity contribution in [3.8, 4) is 0 Å². The maximum absolute atomic E-state index is 11.4. The summed E-state index contributed by atoms with van der Waals surface area (Å²) < 4.78 is 4.76. The summed E-state index contributed by atoms with van der Waals surface area (Å²) >= 11 is 1.86. The highest BCUT2D eigenvalue weighted by Gasteiger charge is 2.47. The first-order valence-corrected chi connectivity index (χ1v) is 6.23. The molecule has 2 fully saturated rings. The van der Waals surface area contributed by atoms with Gasteiger partial charge < -0.3 is 4.74 Å². The third-order valence-electron chi connectivity index (χ3n) is 3.34. The van der Waals surface area contributed by atoms with Crippen LogP contribution in [0.3, 0.4) is 0 Å². The number of esters is 1. The first-order chi connectivity index (χ1) is 6.65. The van der Waals surface area contributed by atoms with Gasteiger partial charge in [-0.2, -0.15) is 11.8 Å². The molecule has 1 N–H and O–H groups in total. The van der Waals surface area contributed by atoms with Gasteiger partial charge in [0.05, 0.1) is 7.11 Å². The smallest absolute Gasteiger partial charge is 0.323 e. The lowest BCUT2D eigenvalue weighted by molar-refractivity contribution is -0.142. The molecule has 1 heterocycles. The van der Waals surface area contributed by atoms with Crippen molar-refractivity contribution >= 4 is 17.7 Å². The Morgan fingerprint density at radius 2 is 2.21 bits per heavy atom. The molecule has 0 radical (unpaired) electrons. The van der Waals surface area contributed by atoms with Crippen LogP contribution >= 0.6 is 11.8 Å². The Labute approximate surface area is 89.0 Å². The normalized spacial score (nSPS) is 35.0. The summed E-state index contributed by atoms with van der Waals surface area (Å²) in [5.41, 5.74) is 0.444. The number of carbonyl (C=O) groups excluding carboxylic acids is 1. The summed E-state index contributed by atoms with van der Waals surface area (Å²) in [6.45, 7) is 2.30. The van der Waals surface area contributed by atoms with E-state index in [4.69, 9.17) is 4.74 Å². The fourth-order valence-electron chi connectivity index (χ4n) is 1.87. The summed E-state index contributed by atoms with van der Waals surface area (Å²) in [5.74, 6) is 1.86. The van der Waals surface area contributed by atoms with E-state index in [0.29, 0.717) is 11.5 Å². The predicted octanol–water partition coefficient (Wildman–Crippen LogP) is 1.03. The molecule has 14 heavy (non-hydrogen) atoms. The van der Waals surface area contributed by atoms with E-state index < -0.39 is 0 Å². The van der Waals surface area contributed by atoms with E-state index in [0.717, 1.165) is 11.5 Å². The summed E-state index contributed by atoms with van der Waals surface area (Å²) in [6, 6.07) is 0.395. The molecule has 2 atom stereocenters. The Bertz CT molecular complexity index is 240. The van der Waals surface area contributed by atoms with Gasteiger partial charge in [-0.05, 0) is 18.3 Å². The molecule has 80 valence electrons. The minimum Gasteiger partial charge on any atom is -0.468 e. The predicted molar refractivity (Wildman–Crippen MR) is 57.4 cm³/mol. The maximum atomic E-state index is 11.4. The molecule has 0 spiro atoms. The first-order valence-electron chi connectivity index (χ1n) is 5.07. The fraction of sp³-hybridized carbons (Fsp3) is 0.900. The first kappa shape index (κ1) is 10.3. The maximum Gasteiger partial charge on any atom is 0.323 e. The highest BCUT2D eigenvalue weighted by Crippen LogP contribution is 2.49. The van der Waals surface area contributed by atoms with Crippen LogP contribution in [0.2, 0.25) is 0 Å². The molecule has 2 rings (SSSR count). The highest BCUT2D eigenvalue weighted by atomic mass is 32.2. The van der Waals surface area contributed by atoms with Crippen molar-refractivity contribution in [3.05, 3.63) is 0 Å². The topological polar surface area (TPSA) is 38.3 Å². The molecule has 0 aromatic carbocycles. The lowest BCUT2D eigenvalue weighted by atomic mass is 9.99. The number of carbonyl (C=O) groups is 1. The van der Waals surface area contributed by atoms with Crippen molar-refractivity contribution < 1.29 is 9.53 Å². The van der Waals surface area contributed by atoms with E-state index in [2.05, 4.69) is 12.2 Å². The number of ether oxygens (including phenoxy) is 1. The summed E-state index contributed by atoms with van der Waals surface area (Å²) in [5, 5.41) is 3.41. The number of hydrogen-bond acceptors (Lipinski definition) is 4. The molecule has 1 saturated carbocycles. The zero-order valence-electron chi connectivity index (χ0n) is 8.71. The average Bonchev–Trinajstić information content (AvgIpc) is 2.97. The molecule has 2 unspecified atom stereocenters. The van der Waals surface area contributed by atoms with Crippen LogP contribution in [0.25, 0.3) is 0 Å². The number of nitrogens with one attached hydrogen (secondary N) is 1. The van der Waals surface area contributed by atoms with Gasteiger partial charge in [-0.1, -0.05) is 6.92 Å². The minimum atomic E-state index is -0.119. The molecular formula is C10H17NO2S. The Hall–Kier alpha value is -0.220. The van der Waals surface area contributed by atoms with E-state index in [1.807, 2.05) is 11.8 Å². The second kappa shape index (κ2) is 3.74. The van der Waals surface area contributed by atoms with E-state index >= 15 is 0 Å². The molecule has 2 aliphatic rings. The van der Waals surface area contributed by atoms with Crippen molar-refractivity contribution in [3.63, 3.8) is 0 Å². The van der Waals surface area contributed by atoms with Gasteiger partial charge in [0, 0.05) is 17.5 Å². The lowest BCUT2D eigenvalue weighted by Crippen LogP contribution is -2.53. The summed E-state index contributed by atoms with van der Waals surface area (Å²) in [4.78, 5) is 11.4. The number of hydrogen-bond donors (Lipinski definition) is 1. The fourth-order valence-corrected chi connectivity index (χ4v) is 3.21.